The number of benzene rings is 1. The molecule has 0 N–H and O–H groups in total. The molecule has 0 unspecified atom stereocenters. The van der Waals surface area contributed by atoms with E-state index in [2.05, 4.69) is 44.2 Å². The van der Waals surface area contributed by atoms with Crippen LogP contribution in [0.15, 0.2) is 51.4 Å². The normalized spacial score (nSPS) is 16.4. The fourth-order valence-corrected chi connectivity index (χ4v) is 3.15. The highest BCUT2D eigenvalue weighted by Gasteiger charge is 2.19. The highest BCUT2D eigenvalue weighted by molar-refractivity contribution is 5.57. The van der Waals surface area contributed by atoms with Crippen molar-refractivity contribution in [1.82, 2.24) is 19.9 Å². The number of aryl methyl sites for hydroxylation is 1. The van der Waals surface area contributed by atoms with Gasteiger partial charge in [-0.15, -0.1) is 0 Å². The number of rotatable bonds is 5. The van der Waals surface area contributed by atoms with Gasteiger partial charge in [0.2, 0.25) is 5.89 Å². The Balaban J connectivity index is 1.29. The van der Waals surface area contributed by atoms with Crippen molar-refractivity contribution in [3.05, 3.63) is 59.9 Å². The van der Waals surface area contributed by atoms with Crippen LogP contribution in [-0.2, 0) is 13.1 Å². The zero-order valence-corrected chi connectivity index (χ0v) is 14.4. The SMILES string of the molecule is Cc1nc(CN2CCN(Cc3ccc(-c4ccccc4)o3)CC2)no1. The Labute approximate surface area is 147 Å². The maximum absolute atomic E-state index is 6.01. The van der Waals surface area contributed by atoms with Crippen molar-refractivity contribution in [2.75, 3.05) is 26.2 Å². The molecule has 3 heterocycles. The Morgan fingerprint density at radius 3 is 2.32 bits per heavy atom. The monoisotopic (exact) mass is 338 g/mol. The maximum atomic E-state index is 6.01. The summed E-state index contributed by atoms with van der Waals surface area (Å²) in [5.74, 6) is 3.34. The summed E-state index contributed by atoms with van der Waals surface area (Å²) in [7, 11) is 0. The smallest absolute Gasteiger partial charge is 0.223 e. The Bertz CT molecular complexity index is 804. The molecular weight excluding hydrogens is 316 g/mol. The van der Waals surface area contributed by atoms with Crippen molar-refractivity contribution in [3.8, 4) is 11.3 Å². The Hall–Kier alpha value is -2.44. The van der Waals surface area contributed by atoms with E-state index in [1.807, 2.05) is 25.1 Å². The molecule has 0 saturated carbocycles. The van der Waals surface area contributed by atoms with Crippen LogP contribution in [0.2, 0.25) is 0 Å². The second-order valence-electron chi connectivity index (χ2n) is 6.41. The first-order chi connectivity index (χ1) is 12.3. The summed E-state index contributed by atoms with van der Waals surface area (Å²) in [4.78, 5) is 9.06. The van der Waals surface area contributed by atoms with Crippen molar-refractivity contribution < 1.29 is 8.94 Å². The van der Waals surface area contributed by atoms with Crippen molar-refractivity contribution in [1.29, 1.82) is 0 Å². The lowest BCUT2D eigenvalue weighted by Crippen LogP contribution is -2.45. The molecule has 4 rings (SSSR count). The molecule has 1 fully saturated rings. The summed E-state index contributed by atoms with van der Waals surface area (Å²) in [5.41, 5.74) is 1.12. The van der Waals surface area contributed by atoms with Crippen LogP contribution in [0.25, 0.3) is 11.3 Å². The van der Waals surface area contributed by atoms with E-state index in [-0.39, 0.29) is 0 Å². The highest BCUT2D eigenvalue weighted by atomic mass is 16.5. The predicted molar refractivity (Wildman–Crippen MR) is 93.7 cm³/mol. The van der Waals surface area contributed by atoms with Crippen molar-refractivity contribution in [3.63, 3.8) is 0 Å². The van der Waals surface area contributed by atoms with Crippen LogP contribution in [0.4, 0.5) is 0 Å². The lowest BCUT2D eigenvalue weighted by atomic mass is 10.2. The topological polar surface area (TPSA) is 58.5 Å². The minimum atomic E-state index is 0.626. The zero-order chi connectivity index (χ0) is 17.1. The molecule has 130 valence electrons. The van der Waals surface area contributed by atoms with Crippen LogP contribution < -0.4 is 0 Å². The van der Waals surface area contributed by atoms with Crippen LogP contribution in [0.5, 0.6) is 0 Å². The quantitative estimate of drug-likeness (QED) is 0.713. The molecule has 25 heavy (non-hydrogen) atoms. The van der Waals surface area contributed by atoms with E-state index < -0.39 is 0 Å². The average Bonchev–Trinajstić information content (AvgIpc) is 3.27. The summed E-state index contributed by atoms with van der Waals surface area (Å²) < 4.78 is 11.0. The van der Waals surface area contributed by atoms with E-state index in [1.54, 1.807) is 0 Å². The molecule has 1 aliphatic heterocycles. The second kappa shape index (κ2) is 7.21. The molecule has 0 aliphatic carbocycles. The van der Waals surface area contributed by atoms with Gasteiger partial charge in [0.1, 0.15) is 11.5 Å². The molecule has 0 radical (unpaired) electrons. The first kappa shape index (κ1) is 16.1. The Morgan fingerprint density at radius 2 is 1.64 bits per heavy atom. The van der Waals surface area contributed by atoms with Crippen molar-refractivity contribution in [2.24, 2.45) is 0 Å². The van der Waals surface area contributed by atoms with Crippen LogP contribution >= 0.6 is 0 Å². The van der Waals surface area contributed by atoms with E-state index in [4.69, 9.17) is 8.94 Å². The number of hydrogen-bond acceptors (Lipinski definition) is 6. The summed E-state index contributed by atoms with van der Waals surface area (Å²) in [5, 5.41) is 3.97. The van der Waals surface area contributed by atoms with Crippen LogP contribution in [0.3, 0.4) is 0 Å². The van der Waals surface area contributed by atoms with Gasteiger partial charge in [-0.1, -0.05) is 35.5 Å². The molecule has 1 aromatic carbocycles. The second-order valence-corrected chi connectivity index (χ2v) is 6.41. The standard InChI is InChI=1S/C19H22N4O2/c1-15-20-19(21-25-15)14-23-11-9-22(10-12-23)13-17-7-8-18(24-17)16-5-3-2-4-6-16/h2-8H,9-14H2,1H3. The van der Waals surface area contributed by atoms with Crippen molar-refractivity contribution >= 4 is 0 Å². The zero-order valence-electron chi connectivity index (χ0n) is 14.4. The van der Waals surface area contributed by atoms with Gasteiger partial charge in [-0.3, -0.25) is 9.80 Å². The molecule has 2 aromatic heterocycles. The minimum Gasteiger partial charge on any atom is -0.460 e. The number of piperazine rings is 1. The fourth-order valence-electron chi connectivity index (χ4n) is 3.15. The van der Waals surface area contributed by atoms with Gasteiger partial charge in [0.15, 0.2) is 5.82 Å². The number of hydrogen-bond donors (Lipinski definition) is 0. The molecule has 1 saturated heterocycles. The third kappa shape index (κ3) is 3.97. The molecule has 0 spiro atoms. The molecule has 0 bridgehead atoms. The molecule has 0 amide bonds. The highest BCUT2D eigenvalue weighted by Crippen LogP contribution is 2.22. The Morgan fingerprint density at radius 1 is 0.920 bits per heavy atom. The molecular formula is C19H22N4O2. The van der Waals surface area contributed by atoms with E-state index in [0.717, 1.165) is 62.2 Å². The van der Waals surface area contributed by atoms with Crippen LogP contribution in [0.1, 0.15) is 17.5 Å². The van der Waals surface area contributed by atoms with Gasteiger partial charge in [0.05, 0.1) is 13.1 Å². The van der Waals surface area contributed by atoms with Gasteiger partial charge in [0.25, 0.3) is 0 Å². The number of aromatic nitrogens is 2. The lowest BCUT2D eigenvalue weighted by Gasteiger charge is -2.33. The third-order valence-electron chi connectivity index (χ3n) is 4.50. The first-order valence-corrected chi connectivity index (χ1v) is 8.64. The minimum absolute atomic E-state index is 0.626. The summed E-state index contributed by atoms with van der Waals surface area (Å²) in [6, 6.07) is 14.4. The largest absolute Gasteiger partial charge is 0.460 e. The van der Waals surface area contributed by atoms with Gasteiger partial charge in [-0.05, 0) is 12.1 Å². The van der Waals surface area contributed by atoms with E-state index >= 15 is 0 Å². The summed E-state index contributed by atoms with van der Waals surface area (Å²) in [6.07, 6.45) is 0. The molecule has 0 atom stereocenters. The van der Waals surface area contributed by atoms with Gasteiger partial charge in [-0.2, -0.15) is 4.98 Å². The van der Waals surface area contributed by atoms with Gasteiger partial charge in [-0.25, -0.2) is 0 Å². The predicted octanol–water partition coefficient (Wildman–Crippen LogP) is 2.96. The van der Waals surface area contributed by atoms with E-state index in [0.29, 0.717) is 5.89 Å². The third-order valence-corrected chi connectivity index (χ3v) is 4.50. The summed E-state index contributed by atoms with van der Waals surface area (Å²) in [6.45, 7) is 7.45. The number of nitrogens with zero attached hydrogens (tertiary/aromatic N) is 4. The average molecular weight is 338 g/mol. The first-order valence-electron chi connectivity index (χ1n) is 8.64. The Kier molecular flexibility index (Phi) is 4.63. The van der Waals surface area contributed by atoms with E-state index in [9.17, 15) is 0 Å². The van der Waals surface area contributed by atoms with Gasteiger partial charge < -0.3 is 8.94 Å². The fraction of sp³-hybridized carbons (Fsp3) is 0.368. The lowest BCUT2D eigenvalue weighted by molar-refractivity contribution is 0.113. The van der Waals surface area contributed by atoms with Crippen LogP contribution in [-0.4, -0.2) is 46.1 Å². The van der Waals surface area contributed by atoms with Crippen LogP contribution in [0, 0.1) is 6.92 Å². The van der Waals surface area contributed by atoms with E-state index in [1.165, 1.54) is 0 Å². The molecule has 6 heteroatoms. The summed E-state index contributed by atoms with van der Waals surface area (Å²) >= 11 is 0. The van der Waals surface area contributed by atoms with Gasteiger partial charge in [0, 0.05) is 38.7 Å². The molecule has 1 aliphatic rings. The maximum Gasteiger partial charge on any atom is 0.223 e. The number of furan rings is 1. The molecule has 6 nitrogen and oxygen atoms in total. The molecule has 3 aromatic rings. The van der Waals surface area contributed by atoms with Crippen molar-refractivity contribution in [2.45, 2.75) is 20.0 Å². The van der Waals surface area contributed by atoms with Gasteiger partial charge >= 0.3 is 0 Å².